The van der Waals surface area contributed by atoms with E-state index in [4.69, 9.17) is 5.11 Å². The van der Waals surface area contributed by atoms with E-state index in [1.54, 1.807) is 0 Å². The molecular formula is C14H21N3O3S. The molecular weight excluding hydrogens is 290 g/mol. The maximum absolute atomic E-state index is 11.8. The average molecular weight is 311 g/mol. The molecule has 1 unspecified atom stereocenters. The molecule has 0 bridgehead atoms. The first kappa shape index (κ1) is 15.8. The Kier molecular flexibility index (Phi) is 5.17. The Labute approximate surface area is 128 Å². The van der Waals surface area contributed by atoms with Crippen molar-refractivity contribution in [2.24, 2.45) is 11.8 Å². The van der Waals surface area contributed by atoms with Gasteiger partial charge in [-0.2, -0.15) is 0 Å². The van der Waals surface area contributed by atoms with Gasteiger partial charge in [-0.1, -0.05) is 13.8 Å². The van der Waals surface area contributed by atoms with Crippen LogP contribution >= 0.6 is 11.3 Å². The number of rotatable bonds is 6. The van der Waals surface area contributed by atoms with Crippen molar-refractivity contribution >= 4 is 28.5 Å². The molecule has 3 N–H and O–H groups in total. The second kappa shape index (κ2) is 6.89. The van der Waals surface area contributed by atoms with Crippen LogP contribution < -0.4 is 10.6 Å². The van der Waals surface area contributed by atoms with E-state index in [-0.39, 0.29) is 12.5 Å². The molecule has 7 heteroatoms. The quantitative estimate of drug-likeness (QED) is 0.752. The first-order valence-electron chi connectivity index (χ1n) is 7.22. The number of nitrogens with zero attached hydrogens (tertiary/aromatic N) is 1. The van der Waals surface area contributed by atoms with Gasteiger partial charge in [0.15, 0.2) is 5.13 Å². The minimum Gasteiger partial charge on any atom is -0.481 e. The molecule has 0 fully saturated rings. The van der Waals surface area contributed by atoms with Crippen LogP contribution in [0.15, 0.2) is 0 Å². The highest BCUT2D eigenvalue weighted by atomic mass is 32.1. The fourth-order valence-corrected chi connectivity index (χ4v) is 3.49. The van der Waals surface area contributed by atoms with Crippen LogP contribution in [0.1, 0.15) is 37.3 Å². The number of carbonyl (C=O) groups is 2. The van der Waals surface area contributed by atoms with E-state index in [0.29, 0.717) is 11.6 Å². The predicted molar refractivity (Wildman–Crippen MR) is 81.7 cm³/mol. The maximum atomic E-state index is 11.8. The highest BCUT2D eigenvalue weighted by molar-refractivity contribution is 7.15. The fourth-order valence-electron chi connectivity index (χ4n) is 2.44. The molecule has 2 amide bonds. The summed E-state index contributed by atoms with van der Waals surface area (Å²) in [7, 11) is 0. The number of carboxylic acid groups (broad SMARTS) is 1. The Morgan fingerprint density at radius 3 is 2.76 bits per heavy atom. The number of hydrogen-bond acceptors (Lipinski definition) is 4. The summed E-state index contributed by atoms with van der Waals surface area (Å²) in [4.78, 5) is 28.5. The normalized spacial score (nSPS) is 14.8. The number of carbonyl (C=O) groups excluding carboxylic acids is 1. The number of thiazole rings is 1. The molecule has 1 aromatic rings. The largest absolute Gasteiger partial charge is 0.481 e. The summed E-state index contributed by atoms with van der Waals surface area (Å²) < 4.78 is 0. The number of aryl methyl sites for hydroxylation is 2. The second-order valence-corrected chi connectivity index (χ2v) is 6.83. The van der Waals surface area contributed by atoms with Crippen molar-refractivity contribution in [1.29, 1.82) is 0 Å². The standard InChI is InChI=1S/C14H21N3O3S/c1-8(2)6-9(12(18)19)7-15-13(20)17-14-16-10-4-3-5-11(10)21-14/h8-9H,3-7H2,1-2H3,(H,18,19)(H2,15,16,17,20). The molecule has 21 heavy (non-hydrogen) atoms. The second-order valence-electron chi connectivity index (χ2n) is 5.74. The fraction of sp³-hybridized carbons (Fsp3) is 0.643. The van der Waals surface area contributed by atoms with E-state index in [1.807, 2.05) is 13.8 Å². The molecule has 1 heterocycles. The Bertz CT molecular complexity index is 506. The van der Waals surface area contributed by atoms with Crippen molar-refractivity contribution in [3.63, 3.8) is 0 Å². The highest BCUT2D eigenvalue weighted by Gasteiger charge is 2.21. The molecule has 116 valence electrons. The third kappa shape index (κ3) is 4.42. The van der Waals surface area contributed by atoms with Crippen LogP contribution in [0.25, 0.3) is 0 Å². The lowest BCUT2D eigenvalue weighted by Crippen LogP contribution is -2.36. The van der Waals surface area contributed by atoms with Gasteiger partial charge in [0, 0.05) is 11.4 Å². The molecule has 1 atom stereocenters. The van der Waals surface area contributed by atoms with E-state index in [9.17, 15) is 9.59 Å². The van der Waals surface area contributed by atoms with E-state index in [2.05, 4.69) is 15.6 Å². The minimum absolute atomic E-state index is 0.129. The summed E-state index contributed by atoms with van der Waals surface area (Å²) in [6.45, 7) is 4.06. The first-order valence-corrected chi connectivity index (χ1v) is 8.03. The van der Waals surface area contributed by atoms with Gasteiger partial charge in [-0.05, 0) is 31.6 Å². The van der Waals surface area contributed by atoms with Crippen molar-refractivity contribution in [1.82, 2.24) is 10.3 Å². The average Bonchev–Trinajstić information content (AvgIpc) is 2.94. The molecule has 0 saturated heterocycles. The SMILES string of the molecule is CC(C)CC(CNC(=O)Nc1nc2c(s1)CCC2)C(=O)O. The number of urea groups is 1. The van der Waals surface area contributed by atoms with Gasteiger partial charge in [-0.25, -0.2) is 9.78 Å². The number of anilines is 1. The molecule has 0 spiro atoms. The first-order chi connectivity index (χ1) is 9.95. The van der Waals surface area contributed by atoms with Crippen molar-refractivity contribution in [2.75, 3.05) is 11.9 Å². The van der Waals surface area contributed by atoms with Gasteiger partial charge in [0.2, 0.25) is 0 Å². The van der Waals surface area contributed by atoms with Gasteiger partial charge >= 0.3 is 12.0 Å². The lowest BCUT2D eigenvalue weighted by atomic mass is 9.97. The third-order valence-electron chi connectivity index (χ3n) is 3.43. The van der Waals surface area contributed by atoms with Crippen molar-refractivity contribution in [2.45, 2.75) is 39.5 Å². The van der Waals surface area contributed by atoms with Crippen molar-refractivity contribution in [3.8, 4) is 0 Å². The van der Waals surface area contributed by atoms with Crippen LogP contribution in [0.3, 0.4) is 0 Å². The topological polar surface area (TPSA) is 91.3 Å². The number of aromatic nitrogens is 1. The molecule has 6 nitrogen and oxygen atoms in total. The molecule has 2 rings (SSSR count). The molecule has 0 radical (unpaired) electrons. The van der Waals surface area contributed by atoms with Crippen LogP contribution in [0.2, 0.25) is 0 Å². The molecule has 0 saturated carbocycles. The van der Waals surface area contributed by atoms with Crippen molar-refractivity contribution < 1.29 is 14.7 Å². The van der Waals surface area contributed by atoms with E-state index in [1.165, 1.54) is 16.2 Å². The lowest BCUT2D eigenvalue weighted by Gasteiger charge is -2.15. The summed E-state index contributed by atoms with van der Waals surface area (Å²) in [5, 5.41) is 15.0. The summed E-state index contributed by atoms with van der Waals surface area (Å²) in [5.74, 6) is -1.16. The van der Waals surface area contributed by atoms with Gasteiger partial charge in [0.1, 0.15) is 0 Å². The Morgan fingerprint density at radius 1 is 1.38 bits per heavy atom. The zero-order valence-corrected chi connectivity index (χ0v) is 13.1. The van der Waals surface area contributed by atoms with Crippen LogP contribution in [-0.4, -0.2) is 28.6 Å². The van der Waals surface area contributed by atoms with Crippen LogP contribution in [0, 0.1) is 11.8 Å². The van der Waals surface area contributed by atoms with Gasteiger partial charge < -0.3 is 10.4 Å². The smallest absolute Gasteiger partial charge is 0.321 e. The van der Waals surface area contributed by atoms with Gasteiger partial charge in [0.25, 0.3) is 0 Å². The van der Waals surface area contributed by atoms with Gasteiger partial charge in [-0.3, -0.25) is 10.1 Å². The van der Waals surface area contributed by atoms with Crippen LogP contribution in [-0.2, 0) is 17.6 Å². The number of carboxylic acids is 1. The summed E-state index contributed by atoms with van der Waals surface area (Å²) in [6.07, 6.45) is 3.69. The van der Waals surface area contributed by atoms with Crippen LogP contribution in [0.5, 0.6) is 0 Å². The zero-order chi connectivity index (χ0) is 15.4. The molecule has 1 aliphatic rings. The number of fused-ring (bicyclic) bond motifs is 1. The Morgan fingerprint density at radius 2 is 2.14 bits per heavy atom. The zero-order valence-electron chi connectivity index (χ0n) is 12.3. The van der Waals surface area contributed by atoms with Crippen LogP contribution in [0.4, 0.5) is 9.93 Å². The number of amides is 2. The molecule has 1 aliphatic carbocycles. The van der Waals surface area contributed by atoms with E-state index >= 15 is 0 Å². The monoisotopic (exact) mass is 311 g/mol. The Balaban J connectivity index is 1.81. The minimum atomic E-state index is -0.878. The Hall–Kier alpha value is -1.63. The van der Waals surface area contributed by atoms with E-state index in [0.717, 1.165) is 25.0 Å². The highest BCUT2D eigenvalue weighted by Crippen LogP contribution is 2.30. The number of hydrogen-bond donors (Lipinski definition) is 3. The molecule has 0 aliphatic heterocycles. The van der Waals surface area contributed by atoms with E-state index < -0.39 is 17.9 Å². The van der Waals surface area contributed by atoms with Gasteiger partial charge in [0.05, 0.1) is 11.6 Å². The maximum Gasteiger partial charge on any atom is 0.321 e. The predicted octanol–water partition coefficient (Wildman–Crippen LogP) is 2.50. The lowest BCUT2D eigenvalue weighted by molar-refractivity contribution is -0.142. The summed E-state index contributed by atoms with van der Waals surface area (Å²) >= 11 is 1.50. The van der Waals surface area contributed by atoms with Crippen molar-refractivity contribution in [3.05, 3.63) is 10.6 Å². The number of aliphatic carboxylic acids is 1. The molecule has 0 aromatic carbocycles. The summed E-state index contributed by atoms with van der Waals surface area (Å²) in [6, 6.07) is -0.391. The number of nitrogens with one attached hydrogen (secondary N) is 2. The van der Waals surface area contributed by atoms with Gasteiger partial charge in [-0.15, -0.1) is 11.3 Å². The summed E-state index contributed by atoms with van der Waals surface area (Å²) in [5.41, 5.74) is 1.08. The molecule has 1 aromatic heterocycles. The third-order valence-corrected chi connectivity index (χ3v) is 4.50.